The third-order valence-electron chi connectivity index (χ3n) is 7.22. The minimum atomic E-state index is -1.42. The van der Waals surface area contributed by atoms with E-state index in [4.69, 9.17) is 16.3 Å². The Kier molecular flexibility index (Phi) is 12.8. The lowest BCUT2D eigenvalue weighted by Gasteiger charge is -2.27. The van der Waals surface area contributed by atoms with Crippen LogP contribution in [-0.2, 0) is 33.9 Å². The Balaban J connectivity index is 1.64. The molecule has 4 atom stereocenters. The number of carbonyl (C=O) groups is 4. The summed E-state index contributed by atoms with van der Waals surface area (Å²) in [6.45, 7) is 2.10. The van der Waals surface area contributed by atoms with Crippen molar-refractivity contribution in [3.05, 3.63) is 76.6 Å². The van der Waals surface area contributed by atoms with Gasteiger partial charge in [0.25, 0.3) is 5.91 Å². The molecule has 0 saturated carbocycles. The van der Waals surface area contributed by atoms with E-state index in [0.717, 1.165) is 5.56 Å². The number of aliphatic hydroxyl groups excluding tert-OH is 1. The van der Waals surface area contributed by atoms with Crippen LogP contribution in [0.4, 0.5) is 0 Å². The summed E-state index contributed by atoms with van der Waals surface area (Å²) in [4.78, 5) is 53.9. The zero-order valence-corrected chi connectivity index (χ0v) is 27.1. The SMILES string of the molecule is CSCC[C@H]1NC(=O)c2ccc(Cl)cc2OCCCn2cc(nn2)CNC(=O)[C@H](Cc2ccccc2)NC(=O)[C@H]([C@@H](C)O)NC1=O. The lowest BCUT2D eigenvalue weighted by Crippen LogP contribution is -2.60. The highest BCUT2D eigenvalue weighted by Crippen LogP contribution is 2.24. The largest absolute Gasteiger partial charge is 0.493 e. The maximum absolute atomic E-state index is 13.5. The van der Waals surface area contributed by atoms with Crippen LogP contribution in [0.25, 0.3) is 0 Å². The minimum Gasteiger partial charge on any atom is -0.493 e. The Bertz CT molecular complexity index is 1510. The number of ether oxygens (including phenoxy) is 1. The number of aliphatic hydroxyl groups is 1. The molecule has 0 aliphatic carbocycles. The number of thioether (sulfide) groups is 1. The summed E-state index contributed by atoms with van der Waals surface area (Å²) >= 11 is 7.68. The zero-order chi connectivity index (χ0) is 33.1. The number of carbonyl (C=O) groups excluding carboxylic acids is 4. The Morgan fingerprint density at radius 2 is 1.83 bits per heavy atom. The van der Waals surface area contributed by atoms with E-state index in [2.05, 4.69) is 31.6 Å². The number of rotatable bonds is 6. The van der Waals surface area contributed by atoms with Gasteiger partial charge in [-0.3, -0.25) is 23.9 Å². The van der Waals surface area contributed by atoms with Gasteiger partial charge in [-0.25, -0.2) is 0 Å². The standard InChI is InChI=1S/C31H38ClN7O6S/c1-19(40)27-31(44)35-25(15-20-7-4-3-5-8-20)29(42)33-17-22-18-39(38-37-22)12-6-13-45-26-16-21(32)9-10-23(26)28(41)34-24(11-14-46-2)30(43)36-27/h3-5,7-10,16,18-19,24-25,27,40H,6,11-15,17H2,1-2H3,(H,33,42)(H,34,41)(H,35,44)(H,36,43)/t19-,24-,25+,27+/m1/s1. The van der Waals surface area contributed by atoms with Crippen LogP contribution in [-0.4, -0.2) is 86.6 Å². The topological polar surface area (TPSA) is 177 Å². The van der Waals surface area contributed by atoms with Gasteiger partial charge in [0.05, 0.1) is 31.0 Å². The van der Waals surface area contributed by atoms with Crippen LogP contribution < -0.4 is 26.0 Å². The van der Waals surface area contributed by atoms with Gasteiger partial charge in [0.15, 0.2) is 0 Å². The molecular weight excluding hydrogens is 634 g/mol. The highest BCUT2D eigenvalue weighted by atomic mass is 35.5. The van der Waals surface area contributed by atoms with Gasteiger partial charge in [-0.1, -0.05) is 47.1 Å². The molecule has 5 N–H and O–H groups in total. The average molecular weight is 672 g/mol. The van der Waals surface area contributed by atoms with Crippen LogP contribution in [0.5, 0.6) is 5.75 Å². The first kappa shape index (κ1) is 34.7. The fraction of sp³-hybridized carbons (Fsp3) is 0.419. The third-order valence-corrected chi connectivity index (χ3v) is 8.10. The number of nitrogens with zero attached hydrogens (tertiary/aromatic N) is 3. The van der Waals surface area contributed by atoms with Crippen molar-refractivity contribution in [1.29, 1.82) is 0 Å². The molecule has 13 nitrogen and oxygen atoms in total. The summed E-state index contributed by atoms with van der Waals surface area (Å²) in [5.74, 6) is -1.72. The molecular formula is C31H38ClN7O6S. The molecule has 0 unspecified atom stereocenters. The fourth-order valence-electron chi connectivity index (χ4n) is 4.76. The maximum atomic E-state index is 13.5. The summed E-state index contributed by atoms with van der Waals surface area (Å²) in [7, 11) is 0. The Morgan fingerprint density at radius 3 is 2.57 bits per heavy atom. The lowest BCUT2D eigenvalue weighted by molar-refractivity contribution is -0.134. The van der Waals surface area contributed by atoms with E-state index < -0.39 is 47.9 Å². The van der Waals surface area contributed by atoms with E-state index in [9.17, 15) is 24.3 Å². The molecule has 2 heterocycles. The quantitative estimate of drug-likeness (QED) is 0.260. The summed E-state index contributed by atoms with van der Waals surface area (Å²) in [6, 6.07) is 10.2. The number of benzene rings is 2. The second-order valence-electron chi connectivity index (χ2n) is 10.8. The molecule has 46 heavy (non-hydrogen) atoms. The maximum Gasteiger partial charge on any atom is 0.255 e. The van der Waals surface area contributed by atoms with Gasteiger partial charge in [0.1, 0.15) is 29.6 Å². The van der Waals surface area contributed by atoms with Gasteiger partial charge < -0.3 is 31.1 Å². The molecule has 1 aromatic heterocycles. The molecule has 15 heteroatoms. The van der Waals surface area contributed by atoms with Crippen LogP contribution in [0.3, 0.4) is 0 Å². The number of halogens is 1. The lowest BCUT2D eigenvalue weighted by atomic mass is 10.0. The summed E-state index contributed by atoms with van der Waals surface area (Å²) in [6.07, 6.45) is 3.15. The smallest absolute Gasteiger partial charge is 0.255 e. The van der Waals surface area contributed by atoms with Crippen LogP contribution in [0.15, 0.2) is 54.7 Å². The van der Waals surface area contributed by atoms with E-state index in [1.165, 1.54) is 30.8 Å². The van der Waals surface area contributed by atoms with E-state index in [1.54, 1.807) is 16.9 Å². The average Bonchev–Trinajstić information content (AvgIpc) is 3.49. The molecule has 2 bridgehead atoms. The highest BCUT2D eigenvalue weighted by molar-refractivity contribution is 7.98. The van der Waals surface area contributed by atoms with Gasteiger partial charge >= 0.3 is 0 Å². The van der Waals surface area contributed by atoms with Crippen LogP contribution in [0.1, 0.15) is 41.4 Å². The monoisotopic (exact) mass is 671 g/mol. The second kappa shape index (κ2) is 17.0. The molecule has 2 aromatic carbocycles. The molecule has 1 aliphatic heterocycles. The van der Waals surface area contributed by atoms with Crippen molar-refractivity contribution in [2.75, 3.05) is 18.6 Å². The van der Waals surface area contributed by atoms with E-state index in [0.29, 0.717) is 29.4 Å². The van der Waals surface area contributed by atoms with Crippen LogP contribution in [0, 0.1) is 0 Å². The van der Waals surface area contributed by atoms with Gasteiger partial charge in [0, 0.05) is 24.4 Å². The van der Waals surface area contributed by atoms with Gasteiger partial charge in [-0.2, -0.15) is 11.8 Å². The predicted molar refractivity (Wildman–Crippen MR) is 173 cm³/mol. The first-order valence-electron chi connectivity index (χ1n) is 14.9. The Labute approximate surface area is 276 Å². The molecule has 0 radical (unpaired) electrons. The number of aromatic nitrogens is 3. The molecule has 1 aliphatic rings. The molecule has 4 rings (SSSR count). The van der Waals surface area contributed by atoms with Crippen molar-refractivity contribution in [2.24, 2.45) is 0 Å². The summed E-state index contributed by atoms with van der Waals surface area (Å²) < 4.78 is 7.53. The van der Waals surface area contributed by atoms with Gasteiger partial charge in [-0.15, -0.1) is 5.10 Å². The van der Waals surface area contributed by atoms with E-state index >= 15 is 0 Å². The number of aryl methyl sites for hydroxylation is 1. The Morgan fingerprint density at radius 1 is 1.04 bits per heavy atom. The normalized spacial score (nSPS) is 20.9. The van der Waals surface area contributed by atoms with E-state index in [1.807, 2.05) is 36.6 Å². The summed E-state index contributed by atoms with van der Waals surface area (Å²) in [5, 5.41) is 30.0. The van der Waals surface area contributed by atoms with Gasteiger partial charge in [0.2, 0.25) is 17.7 Å². The van der Waals surface area contributed by atoms with Crippen LogP contribution in [0.2, 0.25) is 5.02 Å². The molecule has 246 valence electrons. The van der Waals surface area contributed by atoms with Crippen molar-refractivity contribution < 1.29 is 29.0 Å². The highest BCUT2D eigenvalue weighted by Gasteiger charge is 2.33. The van der Waals surface area contributed by atoms with Crippen molar-refractivity contribution >= 4 is 47.0 Å². The number of fused-ring (bicyclic) bond motifs is 3. The van der Waals surface area contributed by atoms with Crippen molar-refractivity contribution in [2.45, 2.75) is 63.5 Å². The minimum absolute atomic E-state index is 0.0594. The number of amides is 4. The van der Waals surface area contributed by atoms with E-state index in [-0.39, 0.29) is 37.3 Å². The number of hydrogen-bond acceptors (Lipinski definition) is 9. The van der Waals surface area contributed by atoms with Crippen molar-refractivity contribution in [3.63, 3.8) is 0 Å². The fourth-order valence-corrected chi connectivity index (χ4v) is 5.40. The molecule has 0 saturated heterocycles. The zero-order valence-electron chi connectivity index (χ0n) is 25.6. The second-order valence-corrected chi connectivity index (χ2v) is 12.2. The molecule has 4 amide bonds. The first-order valence-corrected chi connectivity index (χ1v) is 16.6. The van der Waals surface area contributed by atoms with Crippen LogP contribution >= 0.6 is 23.4 Å². The van der Waals surface area contributed by atoms with Crippen molar-refractivity contribution in [1.82, 2.24) is 36.3 Å². The van der Waals surface area contributed by atoms with Gasteiger partial charge in [-0.05, 0) is 49.1 Å². The number of hydrogen-bond donors (Lipinski definition) is 5. The Hall–Kier alpha value is -4.14. The van der Waals surface area contributed by atoms with Crippen molar-refractivity contribution in [3.8, 4) is 5.75 Å². The molecule has 0 spiro atoms. The predicted octanol–water partition coefficient (Wildman–Crippen LogP) is 1.48. The third kappa shape index (κ3) is 9.93. The first-order chi connectivity index (χ1) is 22.1. The number of nitrogens with one attached hydrogen (secondary N) is 4. The summed E-state index contributed by atoms with van der Waals surface area (Å²) in [5.41, 5.74) is 1.48. The molecule has 3 aromatic rings. The molecule has 0 fully saturated rings.